The third-order valence-corrected chi connectivity index (χ3v) is 3.17. The molecule has 0 unspecified atom stereocenters. The molecule has 1 aliphatic rings. The SMILES string of the molecule is CCN(CC)C(=O)N(Cc1ccco1)C1CC1. The van der Waals surface area contributed by atoms with Gasteiger partial charge in [-0.2, -0.15) is 0 Å². The minimum absolute atomic E-state index is 0.133. The molecule has 4 nitrogen and oxygen atoms in total. The molecule has 0 radical (unpaired) electrons. The number of urea groups is 1. The lowest BCUT2D eigenvalue weighted by atomic mass is 10.4. The summed E-state index contributed by atoms with van der Waals surface area (Å²) in [5.41, 5.74) is 0. The molecule has 94 valence electrons. The third-order valence-electron chi connectivity index (χ3n) is 3.17. The lowest BCUT2D eigenvalue weighted by molar-refractivity contribution is 0.147. The minimum atomic E-state index is 0.133. The average Bonchev–Trinajstić information content (AvgIpc) is 3.05. The van der Waals surface area contributed by atoms with Gasteiger partial charge in [-0.15, -0.1) is 0 Å². The van der Waals surface area contributed by atoms with Crippen LogP contribution in [0, 0.1) is 0 Å². The van der Waals surface area contributed by atoms with Crippen molar-refractivity contribution in [2.45, 2.75) is 39.3 Å². The Balaban J connectivity index is 2.04. The van der Waals surface area contributed by atoms with E-state index >= 15 is 0 Å². The van der Waals surface area contributed by atoms with Crippen LogP contribution < -0.4 is 0 Å². The van der Waals surface area contributed by atoms with Crippen molar-refractivity contribution in [2.75, 3.05) is 13.1 Å². The molecule has 1 aromatic rings. The van der Waals surface area contributed by atoms with Crippen molar-refractivity contribution in [3.8, 4) is 0 Å². The molecule has 0 aromatic carbocycles. The zero-order chi connectivity index (χ0) is 12.3. The van der Waals surface area contributed by atoms with Gasteiger partial charge in [-0.05, 0) is 38.8 Å². The molecule has 1 fully saturated rings. The topological polar surface area (TPSA) is 36.7 Å². The van der Waals surface area contributed by atoms with Gasteiger partial charge in [0.2, 0.25) is 0 Å². The molecule has 1 aliphatic carbocycles. The Kier molecular flexibility index (Phi) is 3.71. The molecule has 2 amide bonds. The van der Waals surface area contributed by atoms with Crippen LogP contribution in [0.1, 0.15) is 32.4 Å². The van der Waals surface area contributed by atoms with E-state index in [1.807, 2.05) is 35.8 Å². The van der Waals surface area contributed by atoms with Crippen LogP contribution in [0.2, 0.25) is 0 Å². The Morgan fingerprint density at radius 2 is 2.12 bits per heavy atom. The van der Waals surface area contributed by atoms with Crippen LogP contribution in [0.25, 0.3) is 0 Å². The van der Waals surface area contributed by atoms with Crippen LogP contribution in [0.4, 0.5) is 4.79 Å². The second-order valence-corrected chi connectivity index (χ2v) is 4.39. The second kappa shape index (κ2) is 5.25. The molecule has 4 heteroatoms. The summed E-state index contributed by atoms with van der Waals surface area (Å²) in [5, 5.41) is 0. The van der Waals surface area contributed by atoms with E-state index in [9.17, 15) is 4.79 Å². The third kappa shape index (κ3) is 2.81. The normalized spacial score (nSPS) is 14.7. The van der Waals surface area contributed by atoms with Crippen molar-refractivity contribution >= 4 is 6.03 Å². The van der Waals surface area contributed by atoms with Gasteiger partial charge in [0.05, 0.1) is 12.8 Å². The summed E-state index contributed by atoms with van der Waals surface area (Å²) < 4.78 is 5.33. The van der Waals surface area contributed by atoms with Crippen LogP contribution in [0.5, 0.6) is 0 Å². The zero-order valence-electron chi connectivity index (χ0n) is 10.6. The van der Waals surface area contributed by atoms with Crippen molar-refractivity contribution in [3.05, 3.63) is 24.2 Å². The highest BCUT2D eigenvalue weighted by molar-refractivity contribution is 5.75. The van der Waals surface area contributed by atoms with E-state index in [1.165, 1.54) is 0 Å². The molecule has 0 saturated heterocycles. The summed E-state index contributed by atoms with van der Waals surface area (Å²) in [4.78, 5) is 16.1. The first-order valence-electron chi connectivity index (χ1n) is 6.34. The largest absolute Gasteiger partial charge is 0.467 e. The van der Waals surface area contributed by atoms with Crippen molar-refractivity contribution in [1.82, 2.24) is 9.80 Å². The van der Waals surface area contributed by atoms with Crippen molar-refractivity contribution in [2.24, 2.45) is 0 Å². The lowest BCUT2D eigenvalue weighted by Crippen LogP contribution is -2.43. The predicted octanol–water partition coefficient (Wildman–Crippen LogP) is 2.71. The number of rotatable bonds is 5. The second-order valence-electron chi connectivity index (χ2n) is 4.39. The first kappa shape index (κ1) is 12.0. The number of furan rings is 1. The van der Waals surface area contributed by atoms with Gasteiger partial charge in [0, 0.05) is 19.1 Å². The number of carbonyl (C=O) groups is 1. The van der Waals surface area contributed by atoms with Crippen molar-refractivity contribution in [1.29, 1.82) is 0 Å². The summed E-state index contributed by atoms with van der Waals surface area (Å²) in [5.74, 6) is 0.859. The highest BCUT2D eigenvalue weighted by atomic mass is 16.3. The fourth-order valence-electron chi connectivity index (χ4n) is 1.99. The summed E-state index contributed by atoms with van der Waals surface area (Å²) in [6.45, 7) is 6.14. The summed E-state index contributed by atoms with van der Waals surface area (Å²) >= 11 is 0. The molecule has 0 atom stereocenters. The molecule has 0 bridgehead atoms. The molecule has 0 N–H and O–H groups in total. The van der Waals surface area contributed by atoms with Crippen LogP contribution >= 0.6 is 0 Å². The van der Waals surface area contributed by atoms with Gasteiger partial charge in [-0.1, -0.05) is 0 Å². The van der Waals surface area contributed by atoms with E-state index in [-0.39, 0.29) is 6.03 Å². The molecule has 0 spiro atoms. The fourth-order valence-corrected chi connectivity index (χ4v) is 1.99. The first-order valence-corrected chi connectivity index (χ1v) is 6.34. The van der Waals surface area contributed by atoms with E-state index in [4.69, 9.17) is 4.42 Å². The summed E-state index contributed by atoms with van der Waals surface area (Å²) in [7, 11) is 0. The van der Waals surface area contributed by atoms with E-state index in [2.05, 4.69) is 0 Å². The van der Waals surface area contributed by atoms with Crippen molar-refractivity contribution < 1.29 is 9.21 Å². The molecule has 0 aliphatic heterocycles. The first-order chi connectivity index (χ1) is 8.26. The van der Waals surface area contributed by atoms with Crippen molar-refractivity contribution in [3.63, 3.8) is 0 Å². The van der Waals surface area contributed by atoms with Crippen LogP contribution in [0.3, 0.4) is 0 Å². The quantitative estimate of drug-likeness (QED) is 0.788. The van der Waals surface area contributed by atoms with Gasteiger partial charge >= 0.3 is 6.03 Å². The summed E-state index contributed by atoms with van der Waals surface area (Å²) in [6.07, 6.45) is 3.89. The molecule has 1 aromatic heterocycles. The van der Waals surface area contributed by atoms with Crippen LogP contribution in [-0.4, -0.2) is 35.0 Å². The Hall–Kier alpha value is -1.45. The van der Waals surface area contributed by atoms with Gasteiger partial charge < -0.3 is 14.2 Å². The molecule has 1 heterocycles. The molecule has 2 rings (SSSR count). The number of amides is 2. The van der Waals surface area contributed by atoms with E-state index in [0.29, 0.717) is 12.6 Å². The number of hydrogen-bond acceptors (Lipinski definition) is 2. The molecule has 1 saturated carbocycles. The fraction of sp³-hybridized carbons (Fsp3) is 0.615. The smallest absolute Gasteiger partial charge is 0.320 e. The van der Waals surface area contributed by atoms with E-state index < -0.39 is 0 Å². The van der Waals surface area contributed by atoms with Crippen LogP contribution in [0.15, 0.2) is 22.8 Å². The minimum Gasteiger partial charge on any atom is -0.467 e. The monoisotopic (exact) mass is 236 g/mol. The maximum Gasteiger partial charge on any atom is 0.320 e. The molecule has 17 heavy (non-hydrogen) atoms. The highest BCUT2D eigenvalue weighted by Crippen LogP contribution is 2.29. The standard InChI is InChI=1S/C13H20N2O2/c1-3-14(4-2)13(16)15(11-7-8-11)10-12-6-5-9-17-12/h5-6,9,11H,3-4,7-8,10H2,1-2H3. The Labute approximate surface area is 102 Å². The molecular weight excluding hydrogens is 216 g/mol. The summed E-state index contributed by atoms with van der Waals surface area (Å²) in [6, 6.07) is 4.33. The zero-order valence-corrected chi connectivity index (χ0v) is 10.6. The Bertz CT molecular complexity index is 354. The number of nitrogens with zero attached hydrogens (tertiary/aromatic N) is 2. The van der Waals surface area contributed by atoms with Gasteiger partial charge in [0.25, 0.3) is 0 Å². The van der Waals surface area contributed by atoms with Gasteiger partial charge in [-0.25, -0.2) is 4.79 Å². The maximum absolute atomic E-state index is 12.3. The average molecular weight is 236 g/mol. The Morgan fingerprint density at radius 1 is 1.41 bits per heavy atom. The lowest BCUT2D eigenvalue weighted by Gasteiger charge is -2.28. The van der Waals surface area contributed by atoms with Gasteiger partial charge in [0.1, 0.15) is 5.76 Å². The number of hydrogen-bond donors (Lipinski definition) is 0. The van der Waals surface area contributed by atoms with Crippen LogP contribution in [-0.2, 0) is 6.54 Å². The van der Waals surface area contributed by atoms with Gasteiger partial charge in [-0.3, -0.25) is 0 Å². The maximum atomic E-state index is 12.3. The highest BCUT2D eigenvalue weighted by Gasteiger charge is 2.34. The number of carbonyl (C=O) groups excluding carboxylic acids is 1. The molecular formula is C13H20N2O2. The van der Waals surface area contributed by atoms with Gasteiger partial charge in [0.15, 0.2) is 0 Å². The Morgan fingerprint density at radius 3 is 2.59 bits per heavy atom. The predicted molar refractivity (Wildman–Crippen MR) is 65.6 cm³/mol. The van der Waals surface area contributed by atoms with E-state index in [1.54, 1.807) is 6.26 Å². The van der Waals surface area contributed by atoms with E-state index in [0.717, 1.165) is 31.7 Å².